The van der Waals surface area contributed by atoms with Crippen LogP contribution in [-0.2, 0) is 4.74 Å². The molecule has 1 aromatic carbocycles. The van der Waals surface area contributed by atoms with Gasteiger partial charge in [0.15, 0.2) is 0 Å². The summed E-state index contributed by atoms with van der Waals surface area (Å²) in [5.41, 5.74) is 9.31. The SMILES string of the molecule is COC(=O)c1ccc(NN)cc1N. The summed E-state index contributed by atoms with van der Waals surface area (Å²) in [5, 5.41) is 0. The lowest BCUT2D eigenvalue weighted by atomic mass is 10.1. The first-order valence-electron chi connectivity index (χ1n) is 3.63. The first-order chi connectivity index (χ1) is 6.19. The molecule has 0 spiro atoms. The zero-order chi connectivity index (χ0) is 9.84. The Bertz CT molecular complexity index is 325. The average Bonchev–Trinajstić information content (AvgIpc) is 2.16. The number of nitrogens with two attached hydrogens (primary N) is 2. The Morgan fingerprint density at radius 3 is 2.69 bits per heavy atom. The van der Waals surface area contributed by atoms with Crippen molar-refractivity contribution in [3.63, 3.8) is 0 Å². The van der Waals surface area contributed by atoms with Gasteiger partial charge in [0.2, 0.25) is 0 Å². The van der Waals surface area contributed by atoms with E-state index >= 15 is 0 Å². The van der Waals surface area contributed by atoms with Crippen LogP contribution in [0, 0.1) is 0 Å². The summed E-state index contributed by atoms with van der Waals surface area (Å²) in [6.07, 6.45) is 0. The van der Waals surface area contributed by atoms with E-state index in [0.29, 0.717) is 16.9 Å². The van der Waals surface area contributed by atoms with Gasteiger partial charge in [0.05, 0.1) is 18.4 Å². The third kappa shape index (κ3) is 1.88. The molecule has 0 unspecified atom stereocenters. The largest absolute Gasteiger partial charge is 0.465 e. The summed E-state index contributed by atoms with van der Waals surface area (Å²) < 4.78 is 4.52. The first-order valence-corrected chi connectivity index (χ1v) is 3.63. The molecule has 13 heavy (non-hydrogen) atoms. The van der Waals surface area contributed by atoms with E-state index in [1.807, 2.05) is 0 Å². The number of carbonyl (C=O) groups is 1. The van der Waals surface area contributed by atoms with E-state index in [4.69, 9.17) is 11.6 Å². The van der Waals surface area contributed by atoms with Crippen LogP contribution in [0.1, 0.15) is 10.4 Å². The maximum Gasteiger partial charge on any atom is 0.339 e. The van der Waals surface area contributed by atoms with Crippen LogP contribution in [-0.4, -0.2) is 13.1 Å². The number of esters is 1. The minimum atomic E-state index is -0.457. The molecule has 0 aromatic heterocycles. The van der Waals surface area contributed by atoms with Gasteiger partial charge in [-0.3, -0.25) is 5.84 Å². The molecular weight excluding hydrogens is 170 g/mol. The van der Waals surface area contributed by atoms with E-state index in [2.05, 4.69) is 10.2 Å². The lowest BCUT2D eigenvalue weighted by Gasteiger charge is -2.05. The van der Waals surface area contributed by atoms with Crippen molar-refractivity contribution in [2.75, 3.05) is 18.3 Å². The molecule has 1 aromatic rings. The Morgan fingerprint density at radius 1 is 1.54 bits per heavy atom. The minimum Gasteiger partial charge on any atom is -0.465 e. The number of hydrazine groups is 1. The summed E-state index contributed by atoms with van der Waals surface area (Å²) in [7, 11) is 1.30. The van der Waals surface area contributed by atoms with Gasteiger partial charge in [-0.1, -0.05) is 0 Å². The molecular formula is C8H11N3O2. The normalized spacial score (nSPS) is 9.38. The van der Waals surface area contributed by atoms with Crippen LogP contribution < -0.4 is 17.0 Å². The zero-order valence-corrected chi connectivity index (χ0v) is 7.20. The second-order valence-corrected chi connectivity index (χ2v) is 2.44. The predicted molar refractivity (Wildman–Crippen MR) is 50.0 cm³/mol. The van der Waals surface area contributed by atoms with Crippen LogP contribution in [0.5, 0.6) is 0 Å². The Kier molecular flexibility index (Phi) is 2.71. The maximum absolute atomic E-state index is 11.1. The lowest BCUT2D eigenvalue weighted by Crippen LogP contribution is -2.09. The van der Waals surface area contributed by atoms with E-state index in [1.54, 1.807) is 18.2 Å². The van der Waals surface area contributed by atoms with Gasteiger partial charge in [0, 0.05) is 5.69 Å². The Morgan fingerprint density at radius 2 is 2.23 bits per heavy atom. The van der Waals surface area contributed by atoms with Gasteiger partial charge in [-0.05, 0) is 18.2 Å². The summed E-state index contributed by atoms with van der Waals surface area (Å²) in [4.78, 5) is 11.1. The molecule has 0 atom stereocenters. The van der Waals surface area contributed by atoms with Crippen molar-refractivity contribution in [3.05, 3.63) is 23.8 Å². The molecule has 5 heteroatoms. The number of benzene rings is 1. The second kappa shape index (κ2) is 3.77. The third-order valence-electron chi connectivity index (χ3n) is 1.62. The number of hydrogen-bond acceptors (Lipinski definition) is 5. The zero-order valence-electron chi connectivity index (χ0n) is 7.20. The van der Waals surface area contributed by atoms with Crippen molar-refractivity contribution in [2.24, 2.45) is 5.84 Å². The van der Waals surface area contributed by atoms with Gasteiger partial charge < -0.3 is 15.9 Å². The van der Waals surface area contributed by atoms with Gasteiger partial charge in [-0.25, -0.2) is 4.79 Å². The number of rotatable bonds is 2. The summed E-state index contributed by atoms with van der Waals surface area (Å²) >= 11 is 0. The number of carbonyl (C=O) groups excluding carboxylic acids is 1. The number of ether oxygens (including phenoxy) is 1. The van der Waals surface area contributed by atoms with Crippen LogP contribution >= 0.6 is 0 Å². The van der Waals surface area contributed by atoms with E-state index < -0.39 is 5.97 Å². The standard InChI is InChI=1S/C8H11N3O2/c1-13-8(12)6-3-2-5(11-10)4-7(6)9/h2-4,11H,9-10H2,1H3. The molecule has 70 valence electrons. The van der Waals surface area contributed by atoms with E-state index in [1.165, 1.54) is 7.11 Å². The van der Waals surface area contributed by atoms with Crippen molar-refractivity contribution in [1.29, 1.82) is 0 Å². The molecule has 5 N–H and O–H groups in total. The van der Waals surface area contributed by atoms with Gasteiger partial charge in [0.25, 0.3) is 0 Å². The fourth-order valence-electron chi connectivity index (χ4n) is 0.948. The average molecular weight is 181 g/mol. The van der Waals surface area contributed by atoms with Crippen molar-refractivity contribution in [2.45, 2.75) is 0 Å². The number of hydrogen-bond donors (Lipinski definition) is 3. The van der Waals surface area contributed by atoms with Crippen molar-refractivity contribution < 1.29 is 9.53 Å². The highest BCUT2D eigenvalue weighted by atomic mass is 16.5. The van der Waals surface area contributed by atoms with Crippen LogP contribution in [0.4, 0.5) is 11.4 Å². The molecule has 0 fully saturated rings. The molecule has 5 nitrogen and oxygen atoms in total. The van der Waals surface area contributed by atoms with E-state index in [0.717, 1.165) is 0 Å². The maximum atomic E-state index is 11.1. The summed E-state index contributed by atoms with van der Waals surface area (Å²) in [6, 6.07) is 4.76. The van der Waals surface area contributed by atoms with E-state index in [-0.39, 0.29) is 0 Å². The van der Waals surface area contributed by atoms with Crippen LogP contribution in [0.25, 0.3) is 0 Å². The molecule has 0 amide bonds. The monoisotopic (exact) mass is 181 g/mol. The van der Waals surface area contributed by atoms with Crippen molar-refractivity contribution in [1.82, 2.24) is 0 Å². The smallest absolute Gasteiger partial charge is 0.339 e. The molecule has 0 heterocycles. The van der Waals surface area contributed by atoms with Gasteiger partial charge in [0.1, 0.15) is 0 Å². The number of nitrogens with one attached hydrogen (secondary N) is 1. The molecule has 0 aliphatic heterocycles. The van der Waals surface area contributed by atoms with Gasteiger partial charge >= 0.3 is 5.97 Å². The molecule has 0 radical (unpaired) electrons. The highest BCUT2D eigenvalue weighted by molar-refractivity contribution is 5.95. The molecule has 1 rings (SSSR count). The molecule has 0 bridgehead atoms. The van der Waals surface area contributed by atoms with Crippen LogP contribution in [0.15, 0.2) is 18.2 Å². The highest BCUT2D eigenvalue weighted by Crippen LogP contribution is 2.17. The predicted octanol–water partition coefficient (Wildman–Crippen LogP) is 0.341. The van der Waals surface area contributed by atoms with Crippen molar-refractivity contribution in [3.8, 4) is 0 Å². The number of anilines is 2. The quantitative estimate of drug-likeness (QED) is 0.265. The fraction of sp³-hybridized carbons (Fsp3) is 0.125. The molecule has 0 aliphatic rings. The van der Waals surface area contributed by atoms with Crippen molar-refractivity contribution >= 4 is 17.3 Å². The lowest BCUT2D eigenvalue weighted by molar-refractivity contribution is 0.0602. The topological polar surface area (TPSA) is 90.4 Å². The fourth-order valence-corrected chi connectivity index (χ4v) is 0.948. The Labute approximate surface area is 75.6 Å². The number of nitrogen functional groups attached to an aromatic ring is 2. The Hall–Kier alpha value is -1.75. The molecule has 0 aliphatic carbocycles. The van der Waals surface area contributed by atoms with Gasteiger partial charge in [-0.2, -0.15) is 0 Å². The molecule has 0 saturated carbocycles. The van der Waals surface area contributed by atoms with Gasteiger partial charge in [-0.15, -0.1) is 0 Å². The third-order valence-corrected chi connectivity index (χ3v) is 1.62. The second-order valence-electron chi connectivity index (χ2n) is 2.44. The summed E-state index contributed by atoms with van der Waals surface area (Å²) in [6.45, 7) is 0. The number of methoxy groups -OCH3 is 1. The van der Waals surface area contributed by atoms with Crippen LogP contribution in [0.3, 0.4) is 0 Å². The van der Waals surface area contributed by atoms with E-state index in [9.17, 15) is 4.79 Å². The van der Waals surface area contributed by atoms with Crippen LogP contribution in [0.2, 0.25) is 0 Å². The first kappa shape index (κ1) is 9.34. The molecule has 0 saturated heterocycles. The highest BCUT2D eigenvalue weighted by Gasteiger charge is 2.09. The summed E-state index contributed by atoms with van der Waals surface area (Å²) in [5.74, 6) is 4.70. The minimum absolute atomic E-state index is 0.335. The Balaban J connectivity index is 3.05.